The predicted molar refractivity (Wildman–Crippen MR) is 190 cm³/mol. The van der Waals surface area contributed by atoms with E-state index in [-0.39, 0.29) is 42.3 Å². The van der Waals surface area contributed by atoms with E-state index in [1.54, 1.807) is 16.1 Å². The molecule has 0 spiro atoms. The average Bonchev–Trinajstić information content (AvgIpc) is 4.02. The molecule has 5 aromatic heterocycles. The third kappa shape index (κ3) is 5.31. The van der Waals surface area contributed by atoms with Crippen molar-refractivity contribution < 1.29 is 14.8 Å². The zero-order valence-electron chi connectivity index (χ0n) is 28.2. The fraction of sp³-hybridized carbons (Fsp3) is 0.286. The van der Waals surface area contributed by atoms with Gasteiger partial charge in [0.05, 0.1) is 20.4 Å². The Morgan fingerprint density at radius 1 is 0.863 bits per heavy atom. The third-order valence-corrected chi connectivity index (χ3v) is 9.63. The molecule has 2 fully saturated rings. The first kappa shape index (κ1) is 30.7. The zero-order chi connectivity index (χ0) is 34.8. The summed E-state index contributed by atoms with van der Waals surface area (Å²) < 4.78 is 14.8. The molecule has 0 aliphatic heterocycles. The standard InChI is InChI=1S/C35H34N14O2/c1-17-40-14-19(15-41-17)23-11-25(23)31-45-33-21-7-5-9-27(29(21)43-35(37)49(33)47-31)51-16-39-13-18(12-38-2)22-10-24(22)30-44-32-20-6-4-8-26(50-3)28(20)42-34(36)48(32)46-30/h4-9,12-15,22-25,38H,10-11,16H2,1-3H3,(H2,36,42)(H2,37,43)/p+1/b18-12+,39-13+. The number of hydrogen-bond acceptors (Lipinski definition) is 13. The van der Waals surface area contributed by atoms with Crippen LogP contribution in [0.25, 0.3) is 33.1 Å². The van der Waals surface area contributed by atoms with Crippen molar-refractivity contribution in [2.75, 3.05) is 32.4 Å². The van der Waals surface area contributed by atoms with Gasteiger partial charge >= 0.3 is 0 Å². The SMILES string of the molecule is C[NH2+]/C=C(\C=N\COc1cccc2c1nc(N)n1nc(C3CC3c3cnc(C)nc3)nc21)C1CC1c1nc2c3cccc(OC)c3nc(N)n2n1. The molecule has 9 rings (SSSR count). The van der Waals surface area contributed by atoms with Crippen molar-refractivity contribution in [1.29, 1.82) is 0 Å². The molecule has 7 aromatic rings. The van der Waals surface area contributed by atoms with Crippen LogP contribution in [0.5, 0.6) is 11.5 Å². The maximum atomic E-state index is 6.40. The Labute approximate surface area is 290 Å². The van der Waals surface area contributed by atoms with Gasteiger partial charge in [-0.15, -0.1) is 10.2 Å². The van der Waals surface area contributed by atoms with Gasteiger partial charge in [0.2, 0.25) is 11.9 Å². The van der Waals surface area contributed by atoms with Crippen molar-refractivity contribution in [1.82, 2.24) is 49.1 Å². The highest BCUT2D eigenvalue weighted by atomic mass is 16.5. The number of fused-ring (bicyclic) bond motifs is 6. The number of aliphatic imine (C=N–C) groups is 1. The summed E-state index contributed by atoms with van der Waals surface area (Å²) in [4.78, 5) is 32.3. The van der Waals surface area contributed by atoms with Crippen LogP contribution < -0.4 is 26.3 Å². The molecular weight excluding hydrogens is 648 g/mol. The number of aryl methyl sites for hydroxylation is 1. The molecule has 5 heterocycles. The molecule has 0 amide bonds. The number of allylic oxidation sites excluding steroid dienone is 1. The van der Waals surface area contributed by atoms with Crippen LogP contribution in [0.2, 0.25) is 0 Å². The van der Waals surface area contributed by atoms with Crippen molar-refractivity contribution in [2.45, 2.75) is 37.5 Å². The number of hydrogen-bond donors (Lipinski definition) is 3. The van der Waals surface area contributed by atoms with Gasteiger partial charge in [0.25, 0.3) is 0 Å². The van der Waals surface area contributed by atoms with Gasteiger partial charge in [-0.2, -0.15) is 9.03 Å². The van der Waals surface area contributed by atoms with E-state index in [4.69, 9.17) is 41.1 Å². The minimum atomic E-state index is 0.0905. The smallest absolute Gasteiger partial charge is 0.223 e. The van der Waals surface area contributed by atoms with Crippen LogP contribution in [0.3, 0.4) is 0 Å². The molecule has 2 aliphatic rings. The molecule has 0 bridgehead atoms. The second kappa shape index (κ2) is 11.9. The Kier molecular flexibility index (Phi) is 7.20. The van der Waals surface area contributed by atoms with Crippen LogP contribution in [-0.2, 0) is 0 Å². The number of nitrogens with zero attached hydrogens (tertiary/aromatic N) is 11. The summed E-state index contributed by atoms with van der Waals surface area (Å²) in [5, 5.41) is 13.1. The van der Waals surface area contributed by atoms with Gasteiger partial charge in [-0.05, 0) is 55.5 Å². The van der Waals surface area contributed by atoms with E-state index in [1.807, 2.05) is 74.3 Å². The molecule has 4 atom stereocenters. The van der Waals surface area contributed by atoms with E-state index in [1.165, 1.54) is 0 Å². The largest absolute Gasteiger partial charge is 0.494 e. The normalized spacial score (nSPS) is 20.3. The zero-order valence-corrected chi connectivity index (χ0v) is 28.2. The number of nitrogens with two attached hydrogens (primary N) is 3. The summed E-state index contributed by atoms with van der Waals surface area (Å²) in [5.41, 5.74) is 17.4. The topological polar surface area (TPSA) is 211 Å². The summed E-state index contributed by atoms with van der Waals surface area (Å²) >= 11 is 0. The van der Waals surface area contributed by atoms with E-state index in [9.17, 15) is 0 Å². The van der Waals surface area contributed by atoms with E-state index >= 15 is 0 Å². The quantitative estimate of drug-likeness (QED) is 0.178. The molecule has 256 valence electrons. The van der Waals surface area contributed by atoms with Crippen molar-refractivity contribution in [3.05, 3.63) is 83.6 Å². The number of aromatic nitrogens is 10. The lowest BCUT2D eigenvalue weighted by Gasteiger charge is -2.08. The molecule has 6 N–H and O–H groups in total. The molecule has 0 radical (unpaired) electrons. The highest BCUT2D eigenvalue weighted by Crippen LogP contribution is 2.53. The van der Waals surface area contributed by atoms with Crippen LogP contribution in [-0.4, -0.2) is 76.2 Å². The second-order valence-electron chi connectivity index (χ2n) is 12.9. The fourth-order valence-electron chi connectivity index (χ4n) is 6.88. The molecular formula is C35H35N14O2+. The molecule has 2 saturated carbocycles. The van der Waals surface area contributed by atoms with Crippen molar-refractivity contribution in [3.63, 3.8) is 0 Å². The van der Waals surface area contributed by atoms with Crippen molar-refractivity contribution in [3.8, 4) is 11.5 Å². The van der Waals surface area contributed by atoms with Crippen molar-refractivity contribution in [2.24, 2.45) is 10.9 Å². The maximum absolute atomic E-state index is 6.40. The number of nitrogen functional groups attached to an aromatic ring is 2. The Morgan fingerprint density at radius 2 is 1.49 bits per heavy atom. The summed E-state index contributed by atoms with van der Waals surface area (Å²) in [6.45, 7) is 1.97. The Bertz CT molecular complexity index is 2540. The number of rotatable bonds is 10. The maximum Gasteiger partial charge on any atom is 0.223 e. The Hall–Kier alpha value is -6.29. The average molecular weight is 684 g/mol. The van der Waals surface area contributed by atoms with Crippen LogP contribution in [0.4, 0.5) is 11.9 Å². The highest BCUT2D eigenvalue weighted by Gasteiger charge is 2.45. The van der Waals surface area contributed by atoms with Gasteiger partial charge in [-0.3, -0.25) is 4.99 Å². The van der Waals surface area contributed by atoms with Crippen LogP contribution in [0.1, 0.15) is 53.6 Å². The lowest BCUT2D eigenvalue weighted by Crippen LogP contribution is -2.73. The highest BCUT2D eigenvalue weighted by molar-refractivity contribution is 5.96. The molecule has 2 aromatic carbocycles. The molecule has 16 nitrogen and oxygen atoms in total. The molecule has 51 heavy (non-hydrogen) atoms. The lowest BCUT2D eigenvalue weighted by molar-refractivity contribution is -0.557. The Balaban J connectivity index is 0.915. The molecule has 0 saturated heterocycles. The predicted octanol–water partition coefficient (Wildman–Crippen LogP) is 2.70. The first-order valence-electron chi connectivity index (χ1n) is 16.8. The molecule has 4 unspecified atom stereocenters. The third-order valence-electron chi connectivity index (χ3n) is 9.63. The summed E-state index contributed by atoms with van der Waals surface area (Å²) in [7, 11) is 3.60. The monoisotopic (exact) mass is 683 g/mol. The van der Waals surface area contributed by atoms with E-state index in [0.717, 1.165) is 52.2 Å². The van der Waals surface area contributed by atoms with Gasteiger partial charge in [-0.25, -0.2) is 29.9 Å². The van der Waals surface area contributed by atoms with Gasteiger partial charge < -0.3 is 26.3 Å². The van der Waals surface area contributed by atoms with E-state index < -0.39 is 0 Å². The van der Waals surface area contributed by atoms with Gasteiger partial charge in [0.15, 0.2) is 29.7 Å². The summed E-state index contributed by atoms with van der Waals surface area (Å²) in [6, 6.07) is 11.4. The minimum Gasteiger partial charge on any atom is -0.494 e. The van der Waals surface area contributed by atoms with Crippen LogP contribution in [0, 0.1) is 12.8 Å². The molecule has 16 heteroatoms. The van der Waals surface area contributed by atoms with E-state index in [2.05, 4.69) is 31.1 Å². The number of benzene rings is 2. The number of quaternary nitrogens is 1. The van der Waals surface area contributed by atoms with Gasteiger partial charge in [-0.1, -0.05) is 12.1 Å². The van der Waals surface area contributed by atoms with Crippen molar-refractivity contribution >= 4 is 51.2 Å². The first-order chi connectivity index (χ1) is 24.9. The second-order valence-corrected chi connectivity index (χ2v) is 12.9. The van der Waals surface area contributed by atoms with Crippen LogP contribution in [0.15, 0.2) is 65.6 Å². The first-order valence-corrected chi connectivity index (χ1v) is 16.8. The summed E-state index contributed by atoms with van der Waals surface area (Å²) in [5.74, 6) is 4.69. The lowest BCUT2D eigenvalue weighted by atomic mass is 10.1. The van der Waals surface area contributed by atoms with Crippen LogP contribution >= 0.6 is 0 Å². The number of para-hydroxylation sites is 2. The number of anilines is 2. The summed E-state index contributed by atoms with van der Waals surface area (Å²) in [6.07, 6.45) is 9.52. The number of ether oxygens (including phenoxy) is 2. The van der Waals surface area contributed by atoms with Gasteiger partial charge in [0.1, 0.15) is 28.4 Å². The Morgan fingerprint density at radius 3 is 2.14 bits per heavy atom. The molecule has 2 aliphatic carbocycles. The minimum absolute atomic E-state index is 0.0905. The van der Waals surface area contributed by atoms with E-state index in [0.29, 0.717) is 33.8 Å². The van der Waals surface area contributed by atoms with Gasteiger partial charge in [0, 0.05) is 52.7 Å². The number of methoxy groups -OCH3 is 1. The fourth-order valence-corrected chi connectivity index (χ4v) is 6.88.